The molecule has 4 rings (SSSR count). The minimum absolute atomic E-state index is 0.0703. The highest BCUT2D eigenvalue weighted by Crippen LogP contribution is 2.39. The van der Waals surface area contributed by atoms with Crippen LogP contribution in [0, 0.1) is 11.8 Å². The molecule has 0 unspecified atom stereocenters. The van der Waals surface area contributed by atoms with Crippen molar-refractivity contribution in [3.05, 3.63) is 35.9 Å². The van der Waals surface area contributed by atoms with E-state index < -0.39 is 30.1 Å². The number of hydrogen-bond acceptors (Lipinski definition) is 7. The van der Waals surface area contributed by atoms with Crippen molar-refractivity contribution in [1.82, 2.24) is 0 Å². The highest BCUT2D eigenvalue weighted by Gasteiger charge is 2.45. The Labute approximate surface area is 207 Å². The van der Waals surface area contributed by atoms with Gasteiger partial charge in [0, 0.05) is 12.0 Å². The molecule has 3 N–H and O–H groups in total. The van der Waals surface area contributed by atoms with E-state index in [4.69, 9.17) is 24.1 Å². The van der Waals surface area contributed by atoms with E-state index >= 15 is 0 Å². The van der Waals surface area contributed by atoms with Gasteiger partial charge in [-0.15, -0.1) is 0 Å². The molecule has 0 aromatic heterocycles. The summed E-state index contributed by atoms with van der Waals surface area (Å²) in [4.78, 5) is 11.1. The number of carbonyl (C=O) groups is 1. The molecule has 3 aliphatic rings. The van der Waals surface area contributed by atoms with Crippen LogP contribution in [0.4, 0.5) is 0 Å². The summed E-state index contributed by atoms with van der Waals surface area (Å²) >= 11 is 0. The second-order valence-electron chi connectivity index (χ2n) is 10.9. The van der Waals surface area contributed by atoms with Gasteiger partial charge in [-0.2, -0.15) is 0 Å². The second-order valence-corrected chi connectivity index (χ2v) is 10.9. The molecule has 35 heavy (non-hydrogen) atoms. The molecule has 0 aliphatic carbocycles. The Kier molecular flexibility index (Phi) is 8.51. The van der Waals surface area contributed by atoms with Gasteiger partial charge in [-0.05, 0) is 44.4 Å². The monoisotopic (exact) mass is 492 g/mol. The average Bonchev–Trinajstić information content (AvgIpc) is 3.11. The number of hydrogen-bond donors (Lipinski definition) is 3. The van der Waals surface area contributed by atoms with E-state index in [1.807, 2.05) is 37.3 Å². The van der Waals surface area contributed by atoms with Crippen molar-refractivity contribution in [1.29, 1.82) is 0 Å². The van der Waals surface area contributed by atoms with Gasteiger partial charge < -0.3 is 34.3 Å². The van der Waals surface area contributed by atoms with Gasteiger partial charge in [-0.3, -0.25) is 4.79 Å². The standard InChI is InChI=1S/C27H40O8/c1-16-11-20(33-25(16)17(2)12-24(29)30)13-19(28)14-23-27(3,31)10-9-21-22(34-23)15-32-26(35-21)18-7-5-4-6-8-18/h4-8,16-17,19-23,25-26,28,31H,9-15H2,1-3H3,(H,29,30)/t16-,17+,19-,20+,21+,22-,23+,25+,26-,27-/m1/s1. The molecule has 1 aromatic carbocycles. The fourth-order valence-electron chi connectivity index (χ4n) is 5.85. The van der Waals surface area contributed by atoms with Crippen LogP contribution in [0.25, 0.3) is 0 Å². The molecule has 0 bridgehead atoms. The van der Waals surface area contributed by atoms with Gasteiger partial charge >= 0.3 is 5.97 Å². The van der Waals surface area contributed by atoms with Crippen LogP contribution in [0.5, 0.6) is 0 Å². The van der Waals surface area contributed by atoms with Crippen molar-refractivity contribution in [2.24, 2.45) is 11.8 Å². The van der Waals surface area contributed by atoms with Crippen LogP contribution in [-0.4, -0.2) is 70.1 Å². The minimum atomic E-state index is -1.10. The van der Waals surface area contributed by atoms with Gasteiger partial charge in [0.15, 0.2) is 6.29 Å². The lowest BCUT2D eigenvalue weighted by Crippen LogP contribution is -2.46. The fourth-order valence-corrected chi connectivity index (χ4v) is 5.85. The van der Waals surface area contributed by atoms with Crippen LogP contribution in [0.15, 0.2) is 30.3 Å². The van der Waals surface area contributed by atoms with Crippen molar-refractivity contribution in [3.63, 3.8) is 0 Å². The van der Waals surface area contributed by atoms with Crippen LogP contribution >= 0.6 is 0 Å². The molecule has 0 amide bonds. The Morgan fingerprint density at radius 3 is 2.60 bits per heavy atom. The molecular formula is C27H40O8. The second kappa shape index (κ2) is 11.2. The zero-order valence-electron chi connectivity index (χ0n) is 20.9. The van der Waals surface area contributed by atoms with E-state index in [0.717, 1.165) is 12.0 Å². The predicted molar refractivity (Wildman–Crippen MR) is 128 cm³/mol. The Balaban J connectivity index is 1.32. The van der Waals surface area contributed by atoms with Gasteiger partial charge in [0.1, 0.15) is 6.10 Å². The molecule has 3 saturated heterocycles. The summed E-state index contributed by atoms with van der Waals surface area (Å²) in [5, 5.41) is 31.2. The normalized spacial score (nSPS) is 39.4. The molecule has 3 heterocycles. The van der Waals surface area contributed by atoms with E-state index in [1.165, 1.54) is 0 Å². The SMILES string of the molecule is C[C@@H]1C[C@@H](C[C@@H](O)C[C@@H]2O[C@@H]3CO[C@@H](c4ccccc4)O[C@H]3CC[C@@]2(C)O)O[C@@H]1[C@@H](C)CC(=O)O. The third-order valence-electron chi connectivity index (χ3n) is 7.79. The van der Waals surface area contributed by atoms with Gasteiger partial charge in [0.25, 0.3) is 0 Å². The Hall–Kier alpha value is -1.55. The Morgan fingerprint density at radius 2 is 1.89 bits per heavy atom. The number of aliphatic carboxylic acids is 1. The van der Waals surface area contributed by atoms with Crippen LogP contribution in [0.3, 0.4) is 0 Å². The lowest BCUT2D eigenvalue weighted by molar-refractivity contribution is -0.274. The first-order valence-corrected chi connectivity index (χ1v) is 12.9. The Morgan fingerprint density at radius 1 is 1.14 bits per heavy atom. The molecule has 0 saturated carbocycles. The zero-order chi connectivity index (χ0) is 25.2. The van der Waals surface area contributed by atoms with E-state index in [0.29, 0.717) is 25.9 Å². The van der Waals surface area contributed by atoms with Gasteiger partial charge in [0.05, 0.1) is 49.1 Å². The van der Waals surface area contributed by atoms with Crippen LogP contribution in [0.1, 0.15) is 71.1 Å². The highest BCUT2D eigenvalue weighted by molar-refractivity contribution is 5.67. The summed E-state index contributed by atoms with van der Waals surface area (Å²) < 4.78 is 24.6. The Bertz CT molecular complexity index is 830. The van der Waals surface area contributed by atoms with E-state index in [-0.39, 0.29) is 49.1 Å². The van der Waals surface area contributed by atoms with Crippen molar-refractivity contribution >= 4 is 5.97 Å². The highest BCUT2D eigenvalue weighted by atomic mass is 16.7. The quantitative estimate of drug-likeness (QED) is 0.506. The number of benzene rings is 1. The number of carboxylic acid groups (broad SMARTS) is 1. The van der Waals surface area contributed by atoms with Crippen molar-refractivity contribution in [2.75, 3.05) is 6.61 Å². The molecular weight excluding hydrogens is 452 g/mol. The molecule has 3 aliphatic heterocycles. The summed E-state index contributed by atoms with van der Waals surface area (Å²) in [5.41, 5.74) is -0.151. The topological polar surface area (TPSA) is 115 Å². The van der Waals surface area contributed by atoms with Crippen molar-refractivity contribution in [2.45, 2.75) is 108 Å². The van der Waals surface area contributed by atoms with Crippen LogP contribution in [-0.2, 0) is 23.7 Å². The number of carboxylic acids is 1. The number of rotatable bonds is 8. The third kappa shape index (κ3) is 6.61. The summed E-state index contributed by atoms with van der Waals surface area (Å²) in [6.45, 7) is 6.09. The zero-order valence-corrected chi connectivity index (χ0v) is 20.9. The van der Waals surface area contributed by atoms with Crippen LogP contribution in [0.2, 0.25) is 0 Å². The van der Waals surface area contributed by atoms with Gasteiger partial charge in [-0.1, -0.05) is 44.2 Å². The average molecular weight is 493 g/mol. The number of fused-ring (bicyclic) bond motifs is 1. The maximum atomic E-state index is 11.2. The third-order valence-corrected chi connectivity index (χ3v) is 7.79. The van der Waals surface area contributed by atoms with Gasteiger partial charge in [-0.25, -0.2) is 0 Å². The first-order valence-electron chi connectivity index (χ1n) is 12.9. The van der Waals surface area contributed by atoms with Crippen molar-refractivity contribution < 1.29 is 39.1 Å². The van der Waals surface area contributed by atoms with E-state index in [2.05, 4.69) is 6.92 Å². The smallest absolute Gasteiger partial charge is 0.303 e. The van der Waals surface area contributed by atoms with Crippen LogP contribution < -0.4 is 0 Å². The predicted octanol–water partition coefficient (Wildman–Crippen LogP) is 3.44. The summed E-state index contributed by atoms with van der Waals surface area (Å²) in [6.07, 6.45) is 0.187. The first-order chi connectivity index (χ1) is 16.6. The molecule has 3 fully saturated rings. The molecule has 196 valence electrons. The number of aliphatic hydroxyl groups excluding tert-OH is 1. The lowest BCUT2D eigenvalue weighted by atomic mass is 9.87. The van der Waals surface area contributed by atoms with Crippen molar-refractivity contribution in [3.8, 4) is 0 Å². The molecule has 0 spiro atoms. The largest absolute Gasteiger partial charge is 0.481 e. The first kappa shape index (κ1) is 26.5. The number of aliphatic hydroxyl groups is 2. The maximum Gasteiger partial charge on any atom is 0.303 e. The fraction of sp³-hybridized carbons (Fsp3) is 0.741. The molecule has 1 aromatic rings. The summed E-state index contributed by atoms with van der Waals surface area (Å²) in [6, 6.07) is 9.78. The molecule has 10 atom stereocenters. The van der Waals surface area contributed by atoms with E-state index in [9.17, 15) is 15.0 Å². The lowest BCUT2D eigenvalue weighted by Gasteiger charge is -2.37. The maximum absolute atomic E-state index is 11.2. The number of ether oxygens (including phenoxy) is 4. The van der Waals surface area contributed by atoms with Gasteiger partial charge in [0.2, 0.25) is 0 Å². The molecule has 8 nitrogen and oxygen atoms in total. The summed E-state index contributed by atoms with van der Waals surface area (Å²) in [7, 11) is 0. The molecule has 8 heteroatoms. The molecule has 0 radical (unpaired) electrons. The summed E-state index contributed by atoms with van der Waals surface area (Å²) in [5.74, 6) is -0.680. The minimum Gasteiger partial charge on any atom is -0.481 e. The van der Waals surface area contributed by atoms with E-state index in [1.54, 1.807) is 6.92 Å².